The lowest BCUT2D eigenvalue weighted by molar-refractivity contribution is 0.0520. The molecule has 41 heavy (non-hydrogen) atoms. The lowest BCUT2D eigenvalue weighted by Crippen LogP contribution is -2.32. The number of ether oxygens (including phenoxy) is 1. The maximum Gasteiger partial charge on any atom is 0.375 e. The maximum atomic E-state index is 13.9. The van der Waals surface area contributed by atoms with E-state index in [1.54, 1.807) is 23.2 Å². The van der Waals surface area contributed by atoms with Gasteiger partial charge in [0.1, 0.15) is 5.82 Å². The van der Waals surface area contributed by atoms with Crippen LogP contribution in [-0.2, 0) is 10.2 Å². The molecule has 5 aromatic rings. The Labute approximate surface area is 238 Å². The van der Waals surface area contributed by atoms with Gasteiger partial charge in [-0.1, -0.05) is 69.0 Å². The highest BCUT2D eigenvalue weighted by atomic mass is 16.5. The zero-order chi connectivity index (χ0) is 29.0. The lowest BCUT2D eigenvalue weighted by atomic mass is 9.86. The minimum atomic E-state index is -0.572. The summed E-state index contributed by atoms with van der Waals surface area (Å²) in [4.78, 5) is 27.5. The van der Waals surface area contributed by atoms with Crippen LogP contribution in [0.15, 0.2) is 89.7 Å². The van der Waals surface area contributed by atoms with Gasteiger partial charge in [-0.2, -0.15) is 5.10 Å². The molecule has 0 atom stereocenters. The zero-order valence-electron chi connectivity index (χ0n) is 23.3. The predicted octanol–water partition coefficient (Wildman–Crippen LogP) is 7.34. The van der Waals surface area contributed by atoms with Gasteiger partial charge < -0.3 is 14.5 Å². The second-order valence-electron chi connectivity index (χ2n) is 10.5. The number of amides is 2. The average Bonchev–Trinajstić information content (AvgIpc) is 3.68. The Morgan fingerprint density at radius 3 is 2.54 bits per heavy atom. The average molecular weight is 547 g/mol. The van der Waals surface area contributed by atoms with E-state index in [0.717, 1.165) is 33.2 Å². The number of hydrogen-bond donors (Lipinski definition) is 2. The molecule has 0 aliphatic rings. The van der Waals surface area contributed by atoms with Crippen molar-refractivity contribution in [3.63, 3.8) is 0 Å². The molecule has 0 saturated heterocycles. The van der Waals surface area contributed by atoms with Crippen LogP contribution >= 0.6 is 0 Å². The van der Waals surface area contributed by atoms with Crippen LogP contribution in [0.1, 0.15) is 48.0 Å². The Morgan fingerprint density at radius 1 is 1.02 bits per heavy atom. The maximum absolute atomic E-state index is 13.9. The number of aromatic amines is 1. The van der Waals surface area contributed by atoms with Crippen molar-refractivity contribution in [3.05, 3.63) is 108 Å². The number of aromatic nitrogens is 2. The van der Waals surface area contributed by atoms with Gasteiger partial charge in [0.15, 0.2) is 6.61 Å². The normalized spacial score (nSPS) is 11.0. The highest BCUT2D eigenvalue weighted by Gasteiger charge is 2.24. The van der Waals surface area contributed by atoms with E-state index in [2.05, 4.69) is 54.2 Å². The molecular weight excluding hydrogens is 516 g/mol. The first kappa shape index (κ1) is 27.3. The van der Waals surface area contributed by atoms with Gasteiger partial charge in [-0.3, -0.25) is 5.10 Å². The number of carbonyl (C=O) groups excluding carboxylic acids is 2. The van der Waals surface area contributed by atoms with Gasteiger partial charge in [0.2, 0.25) is 5.76 Å². The van der Waals surface area contributed by atoms with Crippen molar-refractivity contribution in [3.8, 4) is 11.8 Å². The van der Waals surface area contributed by atoms with Gasteiger partial charge in [-0.05, 0) is 59.2 Å². The molecule has 0 radical (unpaired) electrons. The second kappa shape index (κ2) is 11.4. The molecule has 0 saturated carbocycles. The third kappa shape index (κ3) is 5.99. The lowest BCUT2D eigenvalue weighted by Gasteiger charge is -2.27. The quantitative estimate of drug-likeness (QED) is 0.177. The summed E-state index contributed by atoms with van der Waals surface area (Å²) in [6.45, 7) is 8.32. The largest absolute Gasteiger partial charge is 0.457 e. The van der Waals surface area contributed by atoms with Crippen LogP contribution in [0.25, 0.3) is 10.8 Å². The number of nitrogens with zero attached hydrogens (tertiary/aromatic N) is 2. The van der Waals surface area contributed by atoms with Crippen molar-refractivity contribution in [1.82, 2.24) is 10.2 Å². The SMILES string of the molecule is Cc1ccc(C(C)(C)C)cc1N(C(=O)Nc1ccc(C#CCOC(=O)c2ccco2)c2ccccc12)c1ccn[nH]1. The van der Waals surface area contributed by atoms with Crippen LogP contribution in [0.5, 0.6) is 0 Å². The van der Waals surface area contributed by atoms with Gasteiger partial charge in [0, 0.05) is 17.0 Å². The number of furan rings is 1. The Morgan fingerprint density at radius 2 is 1.83 bits per heavy atom. The van der Waals surface area contributed by atoms with Crippen molar-refractivity contribution in [1.29, 1.82) is 0 Å². The summed E-state index contributed by atoms with van der Waals surface area (Å²) < 4.78 is 10.2. The summed E-state index contributed by atoms with van der Waals surface area (Å²) in [6.07, 6.45) is 3.03. The highest BCUT2D eigenvalue weighted by Crippen LogP contribution is 2.34. The Bertz CT molecular complexity index is 1750. The molecule has 0 bridgehead atoms. The third-order valence-corrected chi connectivity index (χ3v) is 6.63. The number of esters is 1. The summed E-state index contributed by atoms with van der Waals surface area (Å²) in [5.41, 5.74) is 4.10. The number of hydrogen-bond acceptors (Lipinski definition) is 5. The topological polar surface area (TPSA) is 100 Å². The Kier molecular flexibility index (Phi) is 7.61. The van der Waals surface area contributed by atoms with Crippen molar-refractivity contribution >= 4 is 40.0 Å². The van der Waals surface area contributed by atoms with Crippen molar-refractivity contribution < 1.29 is 18.7 Å². The molecule has 0 fully saturated rings. The Balaban J connectivity index is 1.43. The number of nitrogens with one attached hydrogen (secondary N) is 2. The molecule has 8 nitrogen and oxygen atoms in total. The summed E-state index contributed by atoms with van der Waals surface area (Å²) in [5.74, 6) is 6.06. The van der Waals surface area contributed by atoms with Crippen LogP contribution in [0.4, 0.5) is 22.0 Å². The molecule has 2 aromatic heterocycles. The van der Waals surface area contributed by atoms with Crippen molar-refractivity contribution in [2.24, 2.45) is 0 Å². The molecule has 8 heteroatoms. The molecule has 0 unspecified atom stereocenters. The number of H-pyrrole nitrogens is 1. The molecule has 0 aliphatic carbocycles. The van der Waals surface area contributed by atoms with Gasteiger partial charge in [0.05, 0.1) is 23.8 Å². The van der Waals surface area contributed by atoms with Crippen LogP contribution in [0, 0.1) is 18.8 Å². The van der Waals surface area contributed by atoms with Crippen LogP contribution < -0.4 is 10.2 Å². The summed E-state index contributed by atoms with van der Waals surface area (Å²) in [6, 6.07) is 22.1. The van der Waals surface area contributed by atoms with Crippen molar-refractivity contribution in [2.45, 2.75) is 33.1 Å². The summed E-state index contributed by atoms with van der Waals surface area (Å²) in [5, 5.41) is 11.8. The van der Waals surface area contributed by atoms with Gasteiger partial charge in [0.25, 0.3) is 0 Å². The molecule has 206 valence electrons. The molecule has 2 heterocycles. The number of rotatable bonds is 5. The van der Waals surface area contributed by atoms with Gasteiger partial charge in [-0.15, -0.1) is 0 Å². The molecular formula is C33H30N4O4. The molecule has 0 aliphatic heterocycles. The minimum absolute atomic E-state index is 0.0849. The summed E-state index contributed by atoms with van der Waals surface area (Å²) in [7, 11) is 0. The van der Waals surface area contributed by atoms with E-state index in [-0.39, 0.29) is 23.8 Å². The number of aryl methyl sites for hydroxylation is 1. The van der Waals surface area contributed by atoms with Crippen LogP contribution in [-0.4, -0.2) is 28.8 Å². The van der Waals surface area contributed by atoms with Gasteiger partial charge >= 0.3 is 12.0 Å². The fourth-order valence-electron chi connectivity index (χ4n) is 4.43. The molecule has 2 amide bonds. The smallest absolute Gasteiger partial charge is 0.375 e. The second-order valence-corrected chi connectivity index (χ2v) is 10.5. The van der Waals surface area contributed by atoms with E-state index >= 15 is 0 Å². The molecule has 5 rings (SSSR count). The van der Waals surface area contributed by atoms with Gasteiger partial charge in [-0.25, -0.2) is 14.5 Å². The molecule has 2 N–H and O–H groups in total. The first-order valence-corrected chi connectivity index (χ1v) is 13.2. The predicted molar refractivity (Wildman–Crippen MR) is 159 cm³/mol. The van der Waals surface area contributed by atoms with Crippen molar-refractivity contribution in [2.75, 3.05) is 16.8 Å². The first-order valence-electron chi connectivity index (χ1n) is 13.2. The molecule has 0 spiro atoms. The Hall–Kier alpha value is -5.29. The van der Waals surface area contributed by atoms with E-state index in [0.29, 0.717) is 11.5 Å². The molecule has 3 aromatic carbocycles. The minimum Gasteiger partial charge on any atom is -0.457 e. The van der Waals surface area contributed by atoms with Crippen LogP contribution in [0.2, 0.25) is 0 Å². The highest BCUT2D eigenvalue weighted by molar-refractivity contribution is 6.11. The third-order valence-electron chi connectivity index (χ3n) is 6.63. The zero-order valence-corrected chi connectivity index (χ0v) is 23.3. The number of carbonyl (C=O) groups is 2. The fraction of sp³-hybridized carbons (Fsp3) is 0.182. The van der Waals surface area contributed by atoms with E-state index in [4.69, 9.17) is 9.15 Å². The number of benzene rings is 3. The van der Waals surface area contributed by atoms with E-state index in [1.807, 2.05) is 55.5 Å². The number of anilines is 3. The number of fused-ring (bicyclic) bond motifs is 1. The first-order chi connectivity index (χ1) is 19.7. The van der Waals surface area contributed by atoms with E-state index < -0.39 is 5.97 Å². The van der Waals surface area contributed by atoms with E-state index in [1.165, 1.54) is 12.3 Å². The fourth-order valence-corrected chi connectivity index (χ4v) is 4.43. The standard InChI is InChI=1S/C33H30N4O4/c1-22-13-15-24(33(2,3)4)21-28(22)37(30-17-18-34-36-30)32(39)35-27-16-14-23(25-10-5-6-11-26(25)27)9-7-20-41-31(38)29-12-8-19-40-29/h5-6,8,10-19,21H,20H2,1-4H3,(H,34,36)(H,35,39). The monoisotopic (exact) mass is 546 g/mol. The van der Waals surface area contributed by atoms with Crippen LogP contribution in [0.3, 0.4) is 0 Å². The van der Waals surface area contributed by atoms with E-state index in [9.17, 15) is 9.59 Å². The summed E-state index contributed by atoms with van der Waals surface area (Å²) >= 11 is 0. The number of urea groups is 1.